The van der Waals surface area contributed by atoms with E-state index in [1.165, 1.54) is 11.6 Å². The van der Waals surface area contributed by atoms with E-state index >= 15 is 0 Å². The fourth-order valence-corrected chi connectivity index (χ4v) is 2.09. The van der Waals surface area contributed by atoms with Crippen LogP contribution in [0.25, 0.3) is 0 Å². The predicted molar refractivity (Wildman–Crippen MR) is 70.1 cm³/mol. The number of hydrogen-bond acceptors (Lipinski definition) is 1. The zero-order chi connectivity index (χ0) is 12.3. The standard InChI is InChI=1S/C13H14BrFN2/c1-17-5-4-10(9-17)7-16-8-11-6-12(14)2-3-13(11)15/h2-6,9,16H,7-8H2,1H3. The molecule has 0 saturated heterocycles. The van der Waals surface area contributed by atoms with Gasteiger partial charge < -0.3 is 9.88 Å². The van der Waals surface area contributed by atoms with Gasteiger partial charge in [-0.1, -0.05) is 15.9 Å². The Bertz CT molecular complexity index is 508. The quantitative estimate of drug-likeness (QED) is 0.917. The van der Waals surface area contributed by atoms with Gasteiger partial charge in [0.2, 0.25) is 0 Å². The summed E-state index contributed by atoms with van der Waals surface area (Å²) in [6, 6.07) is 7.03. The molecule has 0 saturated carbocycles. The summed E-state index contributed by atoms with van der Waals surface area (Å²) in [5.41, 5.74) is 1.87. The number of hydrogen-bond donors (Lipinski definition) is 1. The predicted octanol–water partition coefficient (Wildman–Crippen LogP) is 3.22. The largest absolute Gasteiger partial charge is 0.357 e. The second kappa shape index (κ2) is 5.47. The number of nitrogens with zero attached hydrogens (tertiary/aromatic N) is 1. The van der Waals surface area contributed by atoms with Crippen LogP contribution in [0, 0.1) is 5.82 Å². The summed E-state index contributed by atoms with van der Waals surface area (Å²) in [6.45, 7) is 1.27. The molecule has 1 heterocycles. The van der Waals surface area contributed by atoms with E-state index in [2.05, 4.69) is 21.2 Å². The molecule has 0 unspecified atom stereocenters. The van der Waals surface area contributed by atoms with Crippen LogP contribution in [0.5, 0.6) is 0 Å². The van der Waals surface area contributed by atoms with Gasteiger partial charge in [-0.3, -0.25) is 0 Å². The maximum Gasteiger partial charge on any atom is 0.127 e. The van der Waals surface area contributed by atoms with Gasteiger partial charge in [-0.2, -0.15) is 0 Å². The van der Waals surface area contributed by atoms with Crippen LogP contribution in [0.4, 0.5) is 4.39 Å². The van der Waals surface area contributed by atoms with Crippen molar-refractivity contribution in [3.63, 3.8) is 0 Å². The van der Waals surface area contributed by atoms with Crippen LogP contribution in [0.1, 0.15) is 11.1 Å². The highest BCUT2D eigenvalue weighted by atomic mass is 79.9. The average Bonchev–Trinajstić information content (AvgIpc) is 2.69. The van der Waals surface area contributed by atoms with Crippen molar-refractivity contribution in [3.8, 4) is 0 Å². The third-order valence-electron chi connectivity index (χ3n) is 2.55. The van der Waals surface area contributed by atoms with Gasteiger partial charge in [0, 0.05) is 42.6 Å². The number of aromatic nitrogens is 1. The van der Waals surface area contributed by atoms with Crippen molar-refractivity contribution in [2.45, 2.75) is 13.1 Å². The molecule has 90 valence electrons. The maximum atomic E-state index is 13.4. The van der Waals surface area contributed by atoms with E-state index in [1.807, 2.05) is 30.1 Å². The van der Waals surface area contributed by atoms with Gasteiger partial charge in [-0.25, -0.2) is 4.39 Å². The maximum absolute atomic E-state index is 13.4. The van der Waals surface area contributed by atoms with Gasteiger partial charge in [0.05, 0.1) is 0 Å². The molecule has 4 heteroatoms. The fourth-order valence-electron chi connectivity index (χ4n) is 1.69. The van der Waals surface area contributed by atoms with E-state index in [0.29, 0.717) is 12.1 Å². The first-order valence-electron chi connectivity index (χ1n) is 5.40. The molecule has 0 aliphatic heterocycles. The molecule has 17 heavy (non-hydrogen) atoms. The minimum absolute atomic E-state index is 0.172. The van der Waals surface area contributed by atoms with Crippen molar-refractivity contribution in [3.05, 3.63) is 58.1 Å². The number of aryl methyl sites for hydroxylation is 1. The number of benzene rings is 1. The summed E-state index contributed by atoms with van der Waals surface area (Å²) in [7, 11) is 1.98. The normalized spacial score (nSPS) is 10.8. The lowest BCUT2D eigenvalue weighted by Crippen LogP contribution is -2.13. The smallest absolute Gasteiger partial charge is 0.127 e. The lowest BCUT2D eigenvalue weighted by molar-refractivity contribution is 0.587. The van der Waals surface area contributed by atoms with E-state index in [1.54, 1.807) is 12.1 Å². The number of halogens is 2. The molecular weight excluding hydrogens is 283 g/mol. The molecule has 2 nitrogen and oxygen atoms in total. The molecule has 0 aliphatic rings. The van der Waals surface area contributed by atoms with E-state index in [4.69, 9.17) is 0 Å². The highest BCUT2D eigenvalue weighted by Gasteiger charge is 2.02. The fraction of sp³-hybridized carbons (Fsp3) is 0.231. The van der Waals surface area contributed by atoms with Crippen LogP contribution in [0.2, 0.25) is 0 Å². The van der Waals surface area contributed by atoms with Crippen LogP contribution in [0.3, 0.4) is 0 Å². The van der Waals surface area contributed by atoms with Crippen molar-refractivity contribution < 1.29 is 4.39 Å². The van der Waals surface area contributed by atoms with Crippen LogP contribution in [-0.2, 0) is 20.1 Å². The van der Waals surface area contributed by atoms with Crippen LogP contribution in [0.15, 0.2) is 41.1 Å². The third-order valence-corrected chi connectivity index (χ3v) is 3.04. The average molecular weight is 297 g/mol. The Hall–Kier alpha value is -1.13. The summed E-state index contributed by atoms with van der Waals surface area (Å²) < 4.78 is 16.3. The zero-order valence-electron chi connectivity index (χ0n) is 9.58. The molecule has 2 rings (SSSR count). The minimum Gasteiger partial charge on any atom is -0.357 e. The van der Waals surface area contributed by atoms with Crippen molar-refractivity contribution in [1.29, 1.82) is 0 Å². The molecule has 0 bridgehead atoms. The van der Waals surface area contributed by atoms with Crippen molar-refractivity contribution in [2.75, 3.05) is 0 Å². The number of nitrogens with one attached hydrogen (secondary N) is 1. The zero-order valence-corrected chi connectivity index (χ0v) is 11.2. The van der Waals surface area contributed by atoms with Gasteiger partial charge in [-0.05, 0) is 29.8 Å². The van der Waals surface area contributed by atoms with Gasteiger partial charge in [0.15, 0.2) is 0 Å². The molecule has 1 aromatic carbocycles. The van der Waals surface area contributed by atoms with Gasteiger partial charge in [-0.15, -0.1) is 0 Å². The van der Waals surface area contributed by atoms with Crippen molar-refractivity contribution in [2.24, 2.45) is 7.05 Å². The first-order valence-corrected chi connectivity index (χ1v) is 6.20. The van der Waals surface area contributed by atoms with Crippen LogP contribution in [-0.4, -0.2) is 4.57 Å². The Morgan fingerprint density at radius 3 is 2.82 bits per heavy atom. The van der Waals surface area contributed by atoms with Crippen molar-refractivity contribution in [1.82, 2.24) is 9.88 Å². The molecule has 0 atom stereocenters. The molecule has 1 N–H and O–H groups in total. The first kappa shape index (κ1) is 12.3. The van der Waals surface area contributed by atoms with Gasteiger partial charge >= 0.3 is 0 Å². The highest BCUT2D eigenvalue weighted by molar-refractivity contribution is 9.10. The summed E-state index contributed by atoms with van der Waals surface area (Å²) in [5.74, 6) is -0.172. The Morgan fingerprint density at radius 1 is 1.29 bits per heavy atom. The Balaban J connectivity index is 1.91. The Kier molecular flexibility index (Phi) is 3.97. The summed E-state index contributed by atoms with van der Waals surface area (Å²) in [4.78, 5) is 0. The second-order valence-electron chi connectivity index (χ2n) is 4.02. The summed E-state index contributed by atoms with van der Waals surface area (Å²) >= 11 is 3.34. The minimum atomic E-state index is -0.172. The highest BCUT2D eigenvalue weighted by Crippen LogP contribution is 2.15. The van der Waals surface area contributed by atoms with E-state index < -0.39 is 0 Å². The van der Waals surface area contributed by atoms with E-state index in [-0.39, 0.29) is 5.82 Å². The van der Waals surface area contributed by atoms with Gasteiger partial charge in [0.25, 0.3) is 0 Å². The first-order chi connectivity index (χ1) is 8.15. The Morgan fingerprint density at radius 2 is 2.12 bits per heavy atom. The molecule has 0 spiro atoms. The van der Waals surface area contributed by atoms with Crippen molar-refractivity contribution >= 4 is 15.9 Å². The van der Waals surface area contributed by atoms with E-state index in [9.17, 15) is 4.39 Å². The monoisotopic (exact) mass is 296 g/mol. The SMILES string of the molecule is Cn1ccc(CNCc2cc(Br)ccc2F)c1. The lowest BCUT2D eigenvalue weighted by atomic mass is 10.2. The lowest BCUT2D eigenvalue weighted by Gasteiger charge is -2.05. The molecule has 0 radical (unpaired) electrons. The molecule has 0 amide bonds. The van der Waals surface area contributed by atoms with Crippen LogP contribution >= 0.6 is 15.9 Å². The molecule has 1 aromatic heterocycles. The topological polar surface area (TPSA) is 17.0 Å². The summed E-state index contributed by atoms with van der Waals surface area (Å²) in [5, 5.41) is 3.23. The number of rotatable bonds is 4. The van der Waals surface area contributed by atoms with E-state index in [0.717, 1.165) is 11.0 Å². The molecular formula is C13H14BrFN2. The molecule has 0 aliphatic carbocycles. The second-order valence-corrected chi connectivity index (χ2v) is 4.94. The Labute approximate surface area is 109 Å². The molecule has 0 fully saturated rings. The molecule has 2 aromatic rings. The van der Waals surface area contributed by atoms with Gasteiger partial charge in [0.1, 0.15) is 5.82 Å². The summed E-state index contributed by atoms with van der Waals surface area (Å²) in [6.07, 6.45) is 4.04. The van der Waals surface area contributed by atoms with Crippen LogP contribution < -0.4 is 5.32 Å². The third kappa shape index (κ3) is 3.41.